The molecule has 2 aliphatic heterocycles. The normalized spacial score (nSPS) is 20.4. The number of hydrogen-bond donors (Lipinski definition) is 0. The van der Waals surface area contributed by atoms with Crippen LogP contribution in [0.1, 0.15) is 33.6 Å². The van der Waals surface area contributed by atoms with E-state index in [1.807, 2.05) is 30.6 Å². The van der Waals surface area contributed by atoms with Crippen molar-refractivity contribution in [2.75, 3.05) is 38.8 Å². The van der Waals surface area contributed by atoms with E-state index in [1.165, 1.54) is 20.4 Å². The number of carbonyl (C=O) groups is 1. The van der Waals surface area contributed by atoms with Gasteiger partial charge in [0.05, 0.1) is 17.5 Å². The van der Waals surface area contributed by atoms with Crippen LogP contribution in [0.2, 0.25) is 5.15 Å². The molecular weight excluding hydrogens is 469 g/mol. The average Bonchev–Trinajstić information content (AvgIpc) is 3.05. The van der Waals surface area contributed by atoms with Gasteiger partial charge in [-0.3, -0.25) is 4.90 Å². The van der Waals surface area contributed by atoms with Gasteiger partial charge in [0.2, 0.25) is 0 Å². The number of methoxy groups -OCH3 is 2. The Labute approximate surface area is 202 Å². The van der Waals surface area contributed by atoms with Crippen molar-refractivity contribution in [2.45, 2.75) is 57.6 Å². The van der Waals surface area contributed by atoms with Gasteiger partial charge < -0.3 is 23.8 Å². The van der Waals surface area contributed by atoms with Crippen LogP contribution in [0.3, 0.4) is 0 Å². The molecule has 1 amide bonds. The Bertz CT molecular complexity index is 1050. The summed E-state index contributed by atoms with van der Waals surface area (Å²) in [4.78, 5) is 29.4. The molecule has 12 heteroatoms. The fraction of sp³-hybridized carbons (Fsp3) is 0.636. The molecule has 0 spiro atoms. The minimum atomic E-state index is -0.752. The summed E-state index contributed by atoms with van der Waals surface area (Å²) in [6.45, 7) is 6.57. The lowest BCUT2D eigenvalue weighted by atomic mass is 10.1. The second kappa shape index (κ2) is 9.63. The highest BCUT2D eigenvalue weighted by Crippen LogP contribution is 2.37. The molecule has 34 heavy (non-hydrogen) atoms. The average molecular weight is 498 g/mol. The molecule has 2 unspecified atom stereocenters. The van der Waals surface area contributed by atoms with Crippen LogP contribution in [0.25, 0.3) is 10.9 Å². The predicted octanol–water partition coefficient (Wildman–Crippen LogP) is 3.40. The molecule has 10 nitrogen and oxygen atoms in total. The van der Waals surface area contributed by atoms with E-state index in [4.69, 9.17) is 30.5 Å². The molecule has 0 radical (unpaired) electrons. The maximum absolute atomic E-state index is 14.9. The Morgan fingerprint density at radius 1 is 1.21 bits per heavy atom. The van der Waals surface area contributed by atoms with E-state index in [0.717, 1.165) is 12.8 Å². The Kier molecular flexibility index (Phi) is 6.97. The van der Waals surface area contributed by atoms with Gasteiger partial charge in [0.25, 0.3) is 0 Å². The molecule has 186 valence electrons. The first-order valence-corrected chi connectivity index (χ1v) is 11.5. The van der Waals surface area contributed by atoms with Gasteiger partial charge in [-0.25, -0.2) is 14.2 Å². The molecule has 2 saturated heterocycles. The van der Waals surface area contributed by atoms with Crippen LogP contribution in [0.5, 0.6) is 6.01 Å². The molecule has 0 aromatic carbocycles. The Hall–Kier alpha value is -2.50. The summed E-state index contributed by atoms with van der Waals surface area (Å²) < 4.78 is 36.4. The third kappa shape index (κ3) is 4.96. The number of rotatable bonds is 6. The van der Waals surface area contributed by atoms with E-state index in [2.05, 4.69) is 15.0 Å². The number of fused-ring (bicyclic) bond motifs is 3. The zero-order valence-electron chi connectivity index (χ0n) is 19.9. The van der Waals surface area contributed by atoms with Crippen molar-refractivity contribution in [3.8, 4) is 6.01 Å². The summed E-state index contributed by atoms with van der Waals surface area (Å²) in [7, 11) is 2.96. The second-order valence-electron chi connectivity index (χ2n) is 9.34. The lowest BCUT2D eigenvalue weighted by Crippen LogP contribution is -2.57. The summed E-state index contributed by atoms with van der Waals surface area (Å²) in [5.41, 5.74) is -0.568. The molecule has 2 aromatic heterocycles. The van der Waals surface area contributed by atoms with E-state index in [9.17, 15) is 9.18 Å². The van der Waals surface area contributed by atoms with E-state index in [1.54, 1.807) is 0 Å². The molecule has 0 saturated carbocycles. The number of piperazine rings is 1. The van der Waals surface area contributed by atoms with Crippen molar-refractivity contribution in [2.24, 2.45) is 0 Å². The Morgan fingerprint density at radius 2 is 1.85 bits per heavy atom. The van der Waals surface area contributed by atoms with Gasteiger partial charge in [-0.15, -0.1) is 0 Å². The number of amides is 1. The molecule has 2 atom stereocenters. The SMILES string of the molecule is COC(COc1nc(N2CC3CCC(C2)N3C(=O)OC(C)(C)C)c2cnc(Cl)c(F)c2n1)OC. The van der Waals surface area contributed by atoms with Crippen LogP contribution in [0.4, 0.5) is 15.0 Å². The van der Waals surface area contributed by atoms with Crippen molar-refractivity contribution in [1.29, 1.82) is 0 Å². The minimum Gasteiger partial charge on any atom is -0.458 e. The highest BCUT2D eigenvalue weighted by Gasteiger charge is 2.45. The van der Waals surface area contributed by atoms with Gasteiger partial charge in [0.1, 0.15) is 23.5 Å². The molecule has 2 fully saturated rings. The van der Waals surface area contributed by atoms with E-state index < -0.39 is 17.7 Å². The van der Waals surface area contributed by atoms with Crippen molar-refractivity contribution >= 4 is 34.4 Å². The summed E-state index contributed by atoms with van der Waals surface area (Å²) in [5, 5.41) is 0.124. The monoisotopic (exact) mass is 497 g/mol. The molecule has 2 aliphatic rings. The molecular formula is C22H29ClFN5O5. The lowest BCUT2D eigenvalue weighted by molar-refractivity contribution is -0.123. The van der Waals surface area contributed by atoms with Crippen molar-refractivity contribution in [3.63, 3.8) is 0 Å². The minimum absolute atomic E-state index is 0.00769. The summed E-state index contributed by atoms with van der Waals surface area (Å²) in [5.74, 6) is -0.284. The smallest absolute Gasteiger partial charge is 0.410 e. The molecule has 0 N–H and O–H groups in total. The molecule has 4 rings (SSSR count). The largest absolute Gasteiger partial charge is 0.458 e. The van der Waals surface area contributed by atoms with Gasteiger partial charge in [-0.2, -0.15) is 9.97 Å². The highest BCUT2D eigenvalue weighted by molar-refractivity contribution is 6.30. The second-order valence-corrected chi connectivity index (χ2v) is 9.70. The Morgan fingerprint density at radius 3 is 2.44 bits per heavy atom. The van der Waals surface area contributed by atoms with Crippen LogP contribution >= 0.6 is 11.6 Å². The van der Waals surface area contributed by atoms with Crippen LogP contribution in [-0.2, 0) is 14.2 Å². The first kappa shape index (κ1) is 24.6. The first-order valence-electron chi connectivity index (χ1n) is 11.1. The number of ether oxygens (including phenoxy) is 4. The van der Waals surface area contributed by atoms with Crippen LogP contribution < -0.4 is 9.64 Å². The molecule has 2 bridgehead atoms. The standard InChI is InChI=1S/C22H29ClFN5O5/c1-22(2,3)34-21(30)29-12-6-7-13(29)10-28(9-12)19-14-8-25-18(23)16(24)17(14)26-20(27-19)33-11-15(31-4)32-5/h8,12-13,15H,6-7,9-11H2,1-5H3. The molecule has 0 aliphatic carbocycles. The van der Waals surface area contributed by atoms with Gasteiger partial charge >= 0.3 is 12.1 Å². The fourth-order valence-electron chi connectivity index (χ4n) is 4.37. The number of nitrogens with zero attached hydrogens (tertiary/aromatic N) is 5. The first-order chi connectivity index (χ1) is 16.1. The third-order valence-corrected chi connectivity index (χ3v) is 6.12. The van der Waals surface area contributed by atoms with Crippen LogP contribution in [0, 0.1) is 5.82 Å². The third-order valence-electron chi connectivity index (χ3n) is 5.86. The molecule has 2 aromatic rings. The maximum Gasteiger partial charge on any atom is 0.410 e. The number of pyridine rings is 1. The van der Waals surface area contributed by atoms with Crippen molar-refractivity contribution in [3.05, 3.63) is 17.2 Å². The number of anilines is 1. The zero-order chi connectivity index (χ0) is 24.6. The van der Waals surface area contributed by atoms with Gasteiger partial charge in [-0.1, -0.05) is 11.6 Å². The quantitative estimate of drug-likeness (QED) is 0.439. The van der Waals surface area contributed by atoms with Gasteiger partial charge in [-0.05, 0) is 33.6 Å². The number of carbonyl (C=O) groups excluding carboxylic acids is 1. The maximum atomic E-state index is 14.9. The van der Waals surface area contributed by atoms with E-state index in [-0.39, 0.29) is 41.5 Å². The summed E-state index contributed by atoms with van der Waals surface area (Å²) in [6, 6.07) is -0.149. The topological polar surface area (TPSA) is 99.1 Å². The van der Waals surface area contributed by atoms with Gasteiger partial charge in [0.15, 0.2) is 17.3 Å². The predicted molar refractivity (Wildman–Crippen MR) is 123 cm³/mol. The summed E-state index contributed by atoms with van der Waals surface area (Å²) >= 11 is 5.91. The number of aromatic nitrogens is 3. The summed E-state index contributed by atoms with van der Waals surface area (Å²) in [6.07, 6.45) is 2.18. The van der Waals surface area contributed by atoms with Gasteiger partial charge in [0, 0.05) is 33.5 Å². The van der Waals surface area contributed by atoms with Crippen LogP contribution in [-0.4, -0.2) is 83.8 Å². The van der Waals surface area contributed by atoms with Crippen LogP contribution in [0.15, 0.2) is 6.20 Å². The van der Waals surface area contributed by atoms with E-state index in [0.29, 0.717) is 24.3 Å². The number of hydrogen-bond acceptors (Lipinski definition) is 9. The highest BCUT2D eigenvalue weighted by atomic mass is 35.5. The fourth-order valence-corrected chi connectivity index (χ4v) is 4.51. The lowest BCUT2D eigenvalue weighted by Gasteiger charge is -2.42. The Balaban J connectivity index is 1.65. The van der Waals surface area contributed by atoms with Crippen molar-refractivity contribution in [1.82, 2.24) is 19.9 Å². The molecule has 4 heterocycles. The van der Waals surface area contributed by atoms with E-state index >= 15 is 0 Å². The number of halogens is 2. The van der Waals surface area contributed by atoms with Crippen molar-refractivity contribution < 1.29 is 28.1 Å². The zero-order valence-corrected chi connectivity index (χ0v) is 20.6.